The van der Waals surface area contributed by atoms with Gasteiger partial charge in [-0.15, -0.1) is 0 Å². The number of pyridine rings is 1. The summed E-state index contributed by atoms with van der Waals surface area (Å²) in [4.78, 5) is 4.40. The number of unbranched alkanes of at least 4 members (excludes halogenated alkanes) is 22. The summed E-state index contributed by atoms with van der Waals surface area (Å²) in [5, 5.41) is 23.6. The third kappa shape index (κ3) is 30.4. The van der Waals surface area contributed by atoms with Gasteiger partial charge in [0.1, 0.15) is 5.82 Å². The Morgan fingerprint density at radius 1 is 0.542 bits per heavy atom. The summed E-state index contributed by atoms with van der Waals surface area (Å²) in [6.45, 7) is 5.53. The van der Waals surface area contributed by atoms with E-state index < -0.39 is 12.2 Å². The SMILES string of the molecule is CCCCCCCC/C=C\CCCCCCCC(O)CN(CC(O)CCCCCCC/C=C\CCCCCCCC)Nc1ccccn1. The van der Waals surface area contributed by atoms with E-state index in [0.717, 1.165) is 31.5 Å². The summed E-state index contributed by atoms with van der Waals surface area (Å²) in [5.74, 6) is 0.749. The minimum absolute atomic E-state index is 0.418. The van der Waals surface area contributed by atoms with Crippen LogP contribution in [0.15, 0.2) is 48.7 Å². The van der Waals surface area contributed by atoms with Gasteiger partial charge in [0.15, 0.2) is 0 Å². The Morgan fingerprint density at radius 3 is 1.29 bits per heavy atom. The maximum Gasteiger partial charge on any atom is 0.140 e. The van der Waals surface area contributed by atoms with Crippen molar-refractivity contribution in [2.45, 2.75) is 206 Å². The molecule has 2 atom stereocenters. The molecule has 3 N–H and O–H groups in total. The maximum atomic E-state index is 10.8. The second kappa shape index (κ2) is 35.1. The number of hydrogen-bond acceptors (Lipinski definition) is 5. The predicted octanol–water partition coefficient (Wildman–Crippen LogP) is 12.5. The van der Waals surface area contributed by atoms with Crippen LogP contribution in [-0.2, 0) is 0 Å². The molecule has 278 valence electrons. The molecule has 0 saturated heterocycles. The fraction of sp³-hybridized carbons (Fsp3) is 0.791. The topological polar surface area (TPSA) is 68.6 Å². The van der Waals surface area contributed by atoms with Gasteiger partial charge in [-0.05, 0) is 76.3 Å². The second-order valence-corrected chi connectivity index (χ2v) is 14.3. The number of nitrogens with zero attached hydrogens (tertiary/aromatic N) is 2. The van der Waals surface area contributed by atoms with Crippen molar-refractivity contribution in [3.05, 3.63) is 48.7 Å². The van der Waals surface area contributed by atoms with Gasteiger partial charge in [0.05, 0.1) is 12.2 Å². The Hall–Kier alpha value is -1.69. The van der Waals surface area contributed by atoms with Crippen molar-refractivity contribution in [3.63, 3.8) is 0 Å². The molecule has 0 spiro atoms. The van der Waals surface area contributed by atoms with Gasteiger partial charge in [-0.3, -0.25) is 0 Å². The molecule has 5 nitrogen and oxygen atoms in total. The molecule has 0 aliphatic rings. The number of aliphatic hydroxyl groups excluding tert-OH is 2. The summed E-state index contributed by atoms with van der Waals surface area (Å²) >= 11 is 0. The van der Waals surface area contributed by atoms with Crippen molar-refractivity contribution in [1.82, 2.24) is 9.99 Å². The summed E-state index contributed by atoms with van der Waals surface area (Å²) in [5.41, 5.74) is 3.34. The van der Waals surface area contributed by atoms with Crippen molar-refractivity contribution < 1.29 is 10.2 Å². The van der Waals surface area contributed by atoms with E-state index in [2.05, 4.69) is 48.6 Å². The van der Waals surface area contributed by atoms with Gasteiger partial charge in [0.25, 0.3) is 0 Å². The first kappa shape index (κ1) is 44.3. The summed E-state index contributed by atoms with van der Waals surface area (Å²) in [6, 6.07) is 5.79. The molecule has 0 saturated carbocycles. The average molecular weight is 670 g/mol. The molecular formula is C43H79N3O2. The highest BCUT2D eigenvalue weighted by Crippen LogP contribution is 2.15. The lowest BCUT2D eigenvalue weighted by atomic mass is 10.1. The quantitative estimate of drug-likeness (QED) is 0.0377. The molecular weight excluding hydrogens is 590 g/mol. The first-order chi connectivity index (χ1) is 23.7. The number of anilines is 1. The Balaban J connectivity index is 2.15. The van der Waals surface area contributed by atoms with Crippen molar-refractivity contribution in [3.8, 4) is 0 Å². The third-order valence-corrected chi connectivity index (χ3v) is 9.40. The normalized spacial score (nSPS) is 13.3. The molecule has 0 bridgehead atoms. The van der Waals surface area contributed by atoms with E-state index in [1.807, 2.05) is 23.2 Å². The van der Waals surface area contributed by atoms with Gasteiger partial charge in [0, 0.05) is 19.3 Å². The fourth-order valence-corrected chi connectivity index (χ4v) is 6.35. The number of aromatic nitrogens is 1. The van der Waals surface area contributed by atoms with E-state index in [4.69, 9.17) is 0 Å². The monoisotopic (exact) mass is 670 g/mol. The number of nitrogens with one attached hydrogen (secondary N) is 1. The Kier molecular flexibility index (Phi) is 32.5. The minimum atomic E-state index is -0.418. The van der Waals surface area contributed by atoms with E-state index in [1.165, 1.54) is 154 Å². The molecule has 1 aromatic heterocycles. The smallest absolute Gasteiger partial charge is 0.140 e. The van der Waals surface area contributed by atoms with Crippen molar-refractivity contribution in [2.24, 2.45) is 0 Å². The number of aliphatic hydroxyl groups is 2. The fourth-order valence-electron chi connectivity index (χ4n) is 6.35. The highest BCUT2D eigenvalue weighted by molar-refractivity contribution is 5.31. The van der Waals surface area contributed by atoms with Crippen molar-refractivity contribution in [2.75, 3.05) is 18.5 Å². The van der Waals surface area contributed by atoms with Gasteiger partial charge < -0.3 is 15.6 Å². The zero-order chi connectivity index (χ0) is 34.6. The van der Waals surface area contributed by atoms with Gasteiger partial charge >= 0.3 is 0 Å². The van der Waals surface area contributed by atoms with E-state index in [1.54, 1.807) is 6.20 Å². The van der Waals surface area contributed by atoms with Gasteiger partial charge in [-0.2, -0.15) is 0 Å². The van der Waals surface area contributed by atoms with Crippen molar-refractivity contribution >= 4 is 5.82 Å². The highest BCUT2D eigenvalue weighted by atomic mass is 16.3. The van der Waals surface area contributed by atoms with Crippen LogP contribution >= 0.6 is 0 Å². The molecule has 0 radical (unpaired) electrons. The van der Waals surface area contributed by atoms with Crippen LogP contribution in [0.25, 0.3) is 0 Å². The van der Waals surface area contributed by atoms with Crippen LogP contribution in [0.3, 0.4) is 0 Å². The van der Waals surface area contributed by atoms with Crippen LogP contribution in [-0.4, -0.2) is 45.5 Å². The van der Waals surface area contributed by atoms with E-state index >= 15 is 0 Å². The first-order valence-electron chi connectivity index (χ1n) is 20.7. The molecule has 1 rings (SSSR count). The lowest BCUT2D eigenvalue weighted by Crippen LogP contribution is -2.42. The van der Waals surface area contributed by atoms with E-state index in [0.29, 0.717) is 13.1 Å². The largest absolute Gasteiger partial charge is 0.392 e. The number of rotatable bonds is 36. The van der Waals surface area contributed by atoms with E-state index in [9.17, 15) is 10.2 Å². The molecule has 0 aliphatic carbocycles. The van der Waals surface area contributed by atoms with E-state index in [-0.39, 0.29) is 0 Å². The molecule has 48 heavy (non-hydrogen) atoms. The summed E-state index contributed by atoms with van der Waals surface area (Å²) in [6.07, 6.45) is 45.4. The minimum Gasteiger partial charge on any atom is -0.392 e. The van der Waals surface area contributed by atoms with Crippen LogP contribution in [0.2, 0.25) is 0 Å². The van der Waals surface area contributed by atoms with Crippen LogP contribution in [0.5, 0.6) is 0 Å². The molecule has 2 unspecified atom stereocenters. The Labute approximate surface area is 298 Å². The number of hydrogen-bond donors (Lipinski definition) is 3. The third-order valence-electron chi connectivity index (χ3n) is 9.40. The lowest BCUT2D eigenvalue weighted by molar-refractivity contribution is 0.0728. The molecule has 0 aliphatic heterocycles. The Morgan fingerprint density at radius 2 is 0.917 bits per heavy atom. The Bertz CT molecular complexity index is 783. The van der Waals surface area contributed by atoms with Crippen LogP contribution < -0.4 is 5.43 Å². The summed E-state index contributed by atoms with van der Waals surface area (Å²) < 4.78 is 0. The van der Waals surface area contributed by atoms with Crippen LogP contribution in [0, 0.1) is 0 Å². The average Bonchev–Trinajstić information content (AvgIpc) is 3.08. The zero-order valence-electron chi connectivity index (χ0n) is 31.8. The van der Waals surface area contributed by atoms with Crippen LogP contribution in [0.1, 0.15) is 194 Å². The maximum absolute atomic E-state index is 10.8. The van der Waals surface area contributed by atoms with Gasteiger partial charge in [-0.1, -0.05) is 160 Å². The lowest BCUT2D eigenvalue weighted by Gasteiger charge is -2.28. The molecule has 5 heteroatoms. The number of allylic oxidation sites excluding steroid dienone is 4. The van der Waals surface area contributed by atoms with Crippen LogP contribution in [0.4, 0.5) is 5.82 Å². The number of hydrazine groups is 1. The molecule has 0 aromatic carbocycles. The zero-order valence-corrected chi connectivity index (χ0v) is 31.8. The van der Waals surface area contributed by atoms with Gasteiger partial charge in [0.2, 0.25) is 0 Å². The molecule has 1 heterocycles. The van der Waals surface area contributed by atoms with Gasteiger partial charge in [-0.25, -0.2) is 9.99 Å². The van der Waals surface area contributed by atoms with Crippen molar-refractivity contribution in [1.29, 1.82) is 0 Å². The molecule has 0 fully saturated rings. The first-order valence-corrected chi connectivity index (χ1v) is 20.7. The second-order valence-electron chi connectivity index (χ2n) is 14.3. The standard InChI is InChI=1S/C43H79N3O2/c1-3-5-7-9-11-13-15-17-19-21-23-25-27-29-31-35-41(47)39-46(45-43-37-33-34-38-44-43)40-42(48)36-32-30-28-26-24-22-20-18-16-14-12-10-8-6-4-2/h17-20,33-34,37-38,41-42,47-48H,3-16,21-32,35-36,39-40H2,1-2H3,(H,44,45)/b19-17-,20-18-. The molecule has 0 amide bonds. The highest BCUT2D eigenvalue weighted by Gasteiger charge is 2.16. The predicted molar refractivity (Wildman–Crippen MR) is 210 cm³/mol. The summed E-state index contributed by atoms with van der Waals surface area (Å²) in [7, 11) is 0. The molecule has 1 aromatic rings.